The number of amides is 2. The number of nitrogens with one attached hydrogen (secondary N) is 2. The molecule has 2 aromatic carbocycles. The predicted octanol–water partition coefficient (Wildman–Crippen LogP) is 4.76. The third-order valence-corrected chi connectivity index (χ3v) is 8.30. The van der Waals surface area contributed by atoms with Crippen LogP contribution in [0.4, 0.5) is 16.3 Å². The van der Waals surface area contributed by atoms with Crippen LogP contribution in [0.2, 0.25) is 0 Å². The number of fused-ring (bicyclic) bond motifs is 1. The number of morpholine rings is 1. The molecule has 5 rings (SSSR count). The number of benzene rings is 2. The average molecular weight is 621 g/mol. The smallest absolute Gasteiger partial charge is 0.436 e. The molecule has 4 aromatic rings. The van der Waals surface area contributed by atoms with E-state index in [1.54, 1.807) is 13.0 Å². The SMILES string of the molecule is CCOC(=O)n1nc(NC(=O)c2ccc(CN3CCOCC3)cc2[N+](=O)[O-])c2cc(C(=O)NC(C)(C)c3ccccc3)sc21. The highest BCUT2D eigenvalue weighted by molar-refractivity contribution is 7.20. The Bertz CT molecular complexity index is 1710. The zero-order valence-corrected chi connectivity index (χ0v) is 25.3. The molecule has 1 fully saturated rings. The van der Waals surface area contributed by atoms with Gasteiger partial charge in [-0.25, -0.2) is 4.79 Å². The molecule has 2 aromatic heterocycles. The van der Waals surface area contributed by atoms with Crippen LogP contribution in [0.5, 0.6) is 0 Å². The first kappa shape index (κ1) is 30.8. The lowest BCUT2D eigenvalue weighted by Crippen LogP contribution is -2.40. The second-order valence-electron chi connectivity index (χ2n) is 10.7. The fourth-order valence-corrected chi connectivity index (χ4v) is 5.90. The monoisotopic (exact) mass is 620 g/mol. The second-order valence-corrected chi connectivity index (χ2v) is 11.7. The van der Waals surface area contributed by atoms with Gasteiger partial charge in [-0.05, 0) is 44.0 Å². The molecule has 2 amide bonds. The van der Waals surface area contributed by atoms with Crippen LogP contribution in [0.15, 0.2) is 54.6 Å². The lowest BCUT2D eigenvalue weighted by molar-refractivity contribution is -0.385. The van der Waals surface area contributed by atoms with E-state index in [1.165, 1.54) is 18.2 Å². The van der Waals surface area contributed by atoms with Crippen LogP contribution in [-0.2, 0) is 21.6 Å². The minimum atomic E-state index is -0.796. The van der Waals surface area contributed by atoms with Crippen LogP contribution in [0.25, 0.3) is 10.2 Å². The number of nitro groups is 1. The van der Waals surface area contributed by atoms with E-state index in [0.29, 0.717) is 43.8 Å². The van der Waals surface area contributed by atoms with Crippen molar-refractivity contribution in [1.82, 2.24) is 20.0 Å². The molecule has 1 saturated heterocycles. The van der Waals surface area contributed by atoms with Crippen molar-refractivity contribution in [3.05, 3.63) is 86.3 Å². The van der Waals surface area contributed by atoms with E-state index >= 15 is 0 Å². The van der Waals surface area contributed by atoms with Gasteiger partial charge in [0.1, 0.15) is 10.4 Å². The molecule has 0 saturated carbocycles. The van der Waals surface area contributed by atoms with Crippen molar-refractivity contribution < 1.29 is 28.8 Å². The molecule has 0 bridgehead atoms. The number of ether oxygens (including phenoxy) is 2. The predicted molar refractivity (Wildman–Crippen MR) is 164 cm³/mol. The van der Waals surface area contributed by atoms with E-state index in [-0.39, 0.29) is 39.3 Å². The van der Waals surface area contributed by atoms with E-state index in [4.69, 9.17) is 9.47 Å². The number of nitrogens with zero attached hydrogens (tertiary/aromatic N) is 4. The quantitative estimate of drug-likeness (QED) is 0.199. The van der Waals surface area contributed by atoms with Crippen molar-refractivity contribution in [2.24, 2.45) is 0 Å². The first-order chi connectivity index (χ1) is 21.1. The second kappa shape index (κ2) is 12.9. The van der Waals surface area contributed by atoms with Gasteiger partial charge < -0.3 is 20.1 Å². The van der Waals surface area contributed by atoms with Gasteiger partial charge in [-0.2, -0.15) is 4.68 Å². The summed E-state index contributed by atoms with van der Waals surface area (Å²) in [4.78, 5) is 53.5. The van der Waals surface area contributed by atoms with Gasteiger partial charge in [0, 0.05) is 25.7 Å². The van der Waals surface area contributed by atoms with Gasteiger partial charge in [0.15, 0.2) is 5.82 Å². The maximum absolute atomic E-state index is 13.4. The van der Waals surface area contributed by atoms with Crippen LogP contribution >= 0.6 is 11.3 Å². The molecule has 1 aliphatic heterocycles. The molecule has 44 heavy (non-hydrogen) atoms. The first-order valence-corrected chi connectivity index (χ1v) is 14.9. The van der Waals surface area contributed by atoms with E-state index in [1.807, 2.05) is 44.2 Å². The number of hydrogen-bond acceptors (Lipinski definition) is 10. The van der Waals surface area contributed by atoms with E-state index in [0.717, 1.165) is 21.6 Å². The molecule has 230 valence electrons. The topological polar surface area (TPSA) is 158 Å². The maximum atomic E-state index is 13.4. The summed E-state index contributed by atoms with van der Waals surface area (Å²) in [7, 11) is 0. The largest absolute Gasteiger partial charge is 0.448 e. The van der Waals surface area contributed by atoms with Gasteiger partial charge in [0.2, 0.25) is 0 Å². The Balaban J connectivity index is 1.44. The highest BCUT2D eigenvalue weighted by Gasteiger charge is 2.29. The van der Waals surface area contributed by atoms with Crippen molar-refractivity contribution in [3.8, 4) is 0 Å². The molecule has 0 aliphatic carbocycles. The normalized spacial score (nSPS) is 13.9. The van der Waals surface area contributed by atoms with Crippen molar-refractivity contribution in [2.75, 3.05) is 38.2 Å². The van der Waals surface area contributed by atoms with Crippen LogP contribution in [0.3, 0.4) is 0 Å². The molecule has 14 heteroatoms. The Labute approximate surface area is 256 Å². The minimum Gasteiger partial charge on any atom is -0.448 e. The summed E-state index contributed by atoms with van der Waals surface area (Å²) >= 11 is 1.01. The standard InChI is InChI=1S/C30H32N6O7S/c1-4-43-29(39)35-28-22(17-24(44-28)27(38)32-30(2,3)20-8-6-5-7-9-20)25(33-35)31-26(37)21-11-10-19(16-23(21)36(40)41)18-34-12-14-42-15-13-34/h5-11,16-17H,4,12-15,18H2,1-3H3,(H,32,38)(H,31,33,37). The molecule has 13 nitrogen and oxygen atoms in total. The minimum absolute atomic E-state index is 0.0395. The highest BCUT2D eigenvalue weighted by atomic mass is 32.1. The number of nitro benzene ring substituents is 1. The fraction of sp³-hybridized carbons (Fsp3) is 0.333. The summed E-state index contributed by atoms with van der Waals surface area (Å²) in [6.45, 7) is 8.55. The summed E-state index contributed by atoms with van der Waals surface area (Å²) in [5.74, 6) is -1.21. The first-order valence-electron chi connectivity index (χ1n) is 14.0. The number of hydrogen-bond donors (Lipinski definition) is 2. The van der Waals surface area contributed by atoms with Crippen molar-refractivity contribution in [3.63, 3.8) is 0 Å². The summed E-state index contributed by atoms with van der Waals surface area (Å²) in [5.41, 5.74) is 0.361. The molecule has 0 spiro atoms. The van der Waals surface area contributed by atoms with Gasteiger partial charge >= 0.3 is 6.09 Å². The van der Waals surface area contributed by atoms with Gasteiger partial charge in [0.05, 0.1) is 40.5 Å². The Morgan fingerprint density at radius 1 is 1.09 bits per heavy atom. The van der Waals surface area contributed by atoms with Gasteiger partial charge in [0.25, 0.3) is 17.5 Å². The Kier molecular flexibility index (Phi) is 9.04. The summed E-state index contributed by atoms with van der Waals surface area (Å²) in [6, 6.07) is 15.5. The van der Waals surface area contributed by atoms with Gasteiger partial charge in [-0.3, -0.25) is 24.6 Å². The number of carbonyl (C=O) groups excluding carboxylic acids is 3. The number of thiophene rings is 1. The van der Waals surface area contributed by atoms with E-state index < -0.39 is 22.5 Å². The van der Waals surface area contributed by atoms with E-state index in [2.05, 4.69) is 20.6 Å². The van der Waals surface area contributed by atoms with Crippen LogP contribution in [0.1, 0.15) is 51.9 Å². The molecular weight excluding hydrogens is 588 g/mol. The Hall–Kier alpha value is -4.66. The third-order valence-electron chi connectivity index (χ3n) is 7.19. The van der Waals surface area contributed by atoms with Crippen molar-refractivity contribution in [1.29, 1.82) is 0 Å². The van der Waals surface area contributed by atoms with Crippen molar-refractivity contribution >= 4 is 51.0 Å². The summed E-state index contributed by atoms with van der Waals surface area (Å²) in [5, 5.41) is 22.1. The number of anilines is 1. The number of aromatic nitrogens is 2. The maximum Gasteiger partial charge on any atom is 0.436 e. The molecule has 1 aliphatic rings. The number of carbonyl (C=O) groups is 3. The molecule has 2 N–H and O–H groups in total. The lowest BCUT2D eigenvalue weighted by Gasteiger charge is -2.26. The Morgan fingerprint density at radius 3 is 2.50 bits per heavy atom. The highest BCUT2D eigenvalue weighted by Crippen LogP contribution is 2.33. The van der Waals surface area contributed by atoms with Crippen LogP contribution in [0, 0.1) is 10.1 Å². The van der Waals surface area contributed by atoms with Crippen molar-refractivity contribution in [2.45, 2.75) is 32.9 Å². The molecule has 0 unspecified atom stereocenters. The molecular formula is C30H32N6O7S. The Morgan fingerprint density at radius 2 is 1.82 bits per heavy atom. The average Bonchev–Trinajstić information content (AvgIpc) is 3.59. The van der Waals surface area contributed by atoms with Gasteiger partial charge in [-0.1, -0.05) is 36.4 Å². The number of rotatable bonds is 9. The lowest BCUT2D eigenvalue weighted by atomic mass is 9.94. The molecule has 0 atom stereocenters. The van der Waals surface area contributed by atoms with Crippen LogP contribution in [-0.4, -0.2) is 70.4 Å². The van der Waals surface area contributed by atoms with Gasteiger partial charge in [-0.15, -0.1) is 16.4 Å². The third kappa shape index (κ3) is 6.61. The summed E-state index contributed by atoms with van der Waals surface area (Å²) in [6.07, 6.45) is -0.796. The zero-order valence-electron chi connectivity index (χ0n) is 24.5. The zero-order chi connectivity index (χ0) is 31.4. The molecule has 3 heterocycles. The molecule has 0 radical (unpaired) electrons. The fourth-order valence-electron chi connectivity index (χ4n) is 4.90. The summed E-state index contributed by atoms with van der Waals surface area (Å²) < 4.78 is 11.5. The van der Waals surface area contributed by atoms with E-state index in [9.17, 15) is 24.5 Å². The van der Waals surface area contributed by atoms with Crippen LogP contribution < -0.4 is 10.6 Å².